The summed E-state index contributed by atoms with van der Waals surface area (Å²) in [7, 11) is 0. The van der Waals surface area contributed by atoms with E-state index in [4.69, 9.17) is 23.2 Å². The number of amidine groups is 2. The summed E-state index contributed by atoms with van der Waals surface area (Å²) in [6, 6.07) is 16.4. The largest absolute Gasteiger partial charge is 0.377 e. The molecule has 2 rings (SSSR count). The average Bonchev–Trinajstić information content (AvgIpc) is 2.66. The van der Waals surface area contributed by atoms with Gasteiger partial charge in [0, 0.05) is 21.3 Å². The fourth-order valence-electron chi connectivity index (χ4n) is 1.94. The summed E-state index contributed by atoms with van der Waals surface area (Å²) in [4.78, 5) is 2.33. The highest BCUT2D eigenvalue weighted by molar-refractivity contribution is 8.93. The van der Waals surface area contributed by atoms with Gasteiger partial charge in [-0.2, -0.15) is 10.2 Å². The maximum Gasteiger partial charge on any atom is 0.177 e. The fourth-order valence-corrected chi connectivity index (χ4v) is 4.46. The van der Waals surface area contributed by atoms with Gasteiger partial charge in [-0.1, -0.05) is 71.7 Å². The first kappa shape index (κ1) is 26.0. The van der Waals surface area contributed by atoms with Crippen LogP contribution in [0.1, 0.15) is 11.1 Å². The van der Waals surface area contributed by atoms with Crippen LogP contribution >= 0.6 is 69.2 Å². The van der Waals surface area contributed by atoms with Crippen LogP contribution in [0.4, 0.5) is 0 Å². The van der Waals surface area contributed by atoms with E-state index >= 15 is 0 Å². The molecule has 0 saturated heterocycles. The summed E-state index contributed by atoms with van der Waals surface area (Å²) in [5.74, 6) is 11.8. The normalized spacial score (nSPS) is 11.4. The van der Waals surface area contributed by atoms with Crippen molar-refractivity contribution in [2.24, 2.45) is 33.4 Å². The monoisotopic (exact) mass is 552 g/mol. The van der Waals surface area contributed by atoms with Crippen LogP contribution in [0.15, 0.2) is 68.5 Å². The molecule has 0 aliphatic heterocycles. The summed E-state index contributed by atoms with van der Waals surface area (Å²) >= 11 is 4.54. The molecule has 148 valence electrons. The van der Waals surface area contributed by atoms with Gasteiger partial charge in [0.15, 0.2) is 10.3 Å². The SMILES string of the molecule is Br.Br.N/N=C(\N)SCc1ccccc1Sc1ccccc1CS/C(N)=N/N. The quantitative estimate of drug-likeness (QED) is 0.185. The van der Waals surface area contributed by atoms with Crippen molar-refractivity contribution in [3.05, 3.63) is 59.7 Å². The number of thioether (sulfide) groups is 2. The highest BCUT2D eigenvalue weighted by atomic mass is 79.9. The third kappa shape index (κ3) is 8.69. The number of rotatable bonds is 6. The first-order valence-electron chi connectivity index (χ1n) is 7.30. The number of nitrogens with two attached hydrogens (primary N) is 4. The smallest absolute Gasteiger partial charge is 0.177 e. The molecule has 0 unspecified atom stereocenters. The van der Waals surface area contributed by atoms with Crippen molar-refractivity contribution < 1.29 is 0 Å². The zero-order valence-electron chi connectivity index (χ0n) is 14.3. The van der Waals surface area contributed by atoms with Crippen molar-refractivity contribution in [1.29, 1.82) is 0 Å². The molecule has 0 radical (unpaired) electrons. The molecule has 2 aromatic carbocycles. The summed E-state index contributed by atoms with van der Waals surface area (Å²) < 4.78 is 0. The predicted octanol–water partition coefficient (Wildman–Crippen LogP) is 3.84. The van der Waals surface area contributed by atoms with Gasteiger partial charge in [-0.05, 0) is 23.3 Å². The fraction of sp³-hybridized carbons (Fsp3) is 0.125. The van der Waals surface area contributed by atoms with Gasteiger partial charge in [-0.3, -0.25) is 0 Å². The molecule has 6 nitrogen and oxygen atoms in total. The molecule has 0 saturated carbocycles. The second-order valence-corrected chi connectivity index (χ2v) is 7.90. The van der Waals surface area contributed by atoms with Gasteiger partial charge in [-0.25, -0.2) is 0 Å². The van der Waals surface area contributed by atoms with E-state index in [1.54, 1.807) is 11.8 Å². The van der Waals surface area contributed by atoms with Gasteiger partial charge < -0.3 is 23.2 Å². The van der Waals surface area contributed by atoms with Crippen LogP contribution in [-0.2, 0) is 11.5 Å². The van der Waals surface area contributed by atoms with E-state index in [1.807, 2.05) is 24.3 Å². The lowest BCUT2D eigenvalue weighted by Gasteiger charge is -2.12. The lowest BCUT2D eigenvalue weighted by Crippen LogP contribution is -2.09. The Hall–Kier alpha value is -1.01. The maximum absolute atomic E-state index is 5.67. The second kappa shape index (κ2) is 14.1. The highest BCUT2D eigenvalue weighted by Crippen LogP contribution is 2.35. The van der Waals surface area contributed by atoms with Gasteiger partial charge in [0.1, 0.15) is 0 Å². The lowest BCUT2D eigenvalue weighted by molar-refractivity contribution is 1.23. The minimum Gasteiger partial charge on any atom is -0.377 e. The highest BCUT2D eigenvalue weighted by Gasteiger charge is 2.09. The van der Waals surface area contributed by atoms with Crippen LogP contribution < -0.4 is 23.2 Å². The average molecular weight is 554 g/mol. The molecule has 0 amide bonds. The van der Waals surface area contributed by atoms with Crippen molar-refractivity contribution in [3.8, 4) is 0 Å². The summed E-state index contributed by atoms with van der Waals surface area (Å²) in [5, 5.41) is 7.73. The topological polar surface area (TPSA) is 129 Å². The van der Waals surface area contributed by atoms with E-state index in [0.29, 0.717) is 21.8 Å². The van der Waals surface area contributed by atoms with Crippen molar-refractivity contribution >= 4 is 79.6 Å². The Balaban J connectivity index is 0.00000338. The van der Waals surface area contributed by atoms with Crippen molar-refractivity contribution in [1.82, 2.24) is 0 Å². The Morgan fingerprint density at radius 2 is 1.07 bits per heavy atom. The Bertz CT molecular complexity index is 710. The summed E-state index contributed by atoms with van der Waals surface area (Å²) in [5.41, 5.74) is 13.7. The third-order valence-electron chi connectivity index (χ3n) is 3.17. The first-order chi connectivity index (χ1) is 12.1. The number of halogens is 2. The molecule has 0 heterocycles. The molecule has 11 heteroatoms. The minimum atomic E-state index is 0. The van der Waals surface area contributed by atoms with Crippen molar-refractivity contribution in [3.63, 3.8) is 0 Å². The molecular weight excluding hydrogens is 532 g/mol. The standard InChI is InChI=1S/C16H20N6S3.2BrH/c17-15(21-19)23-9-11-5-1-3-7-13(11)25-14-8-4-2-6-12(14)10-24-16(18)22-20;;/h1-8H,9-10,19-20H2,(H2,17,21)(H2,18,22);2*1H. The number of hydrogen-bond donors (Lipinski definition) is 4. The van der Waals surface area contributed by atoms with E-state index in [-0.39, 0.29) is 34.0 Å². The van der Waals surface area contributed by atoms with Crippen LogP contribution in [0.5, 0.6) is 0 Å². The number of hydrazone groups is 2. The van der Waals surface area contributed by atoms with Crippen LogP contribution in [-0.4, -0.2) is 10.3 Å². The molecule has 0 fully saturated rings. The molecule has 2 aromatic rings. The van der Waals surface area contributed by atoms with Gasteiger partial charge >= 0.3 is 0 Å². The number of benzene rings is 2. The Morgan fingerprint density at radius 3 is 1.44 bits per heavy atom. The number of nitrogens with zero attached hydrogens (tertiary/aromatic N) is 2. The molecule has 0 aliphatic carbocycles. The van der Waals surface area contributed by atoms with Gasteiger partial charge in [0.05, 0.1) is 0 Å². The lowest BCUT2D eigenvalue weighted by atomic mass is 10.2. The summed E-state index contributed by atoms with van der Waals surface area (Å²) in [6.07, 6.45) is 0. The number of hydrogen-bond acceptors (Lipinski definition) is 7. The van der Waals surface area contributed by atoms with Crippen LogP contribution in [0.2, 0.25) is 0 Å². The van der Waals surface area contributed by atoms with E-state index in [9.17, 15) is 0 Å². The van der Waals surface area contributed by atoms with E-state index in [0.717, 1.165) is 9.79 Å². The minimum absolute atomic E-state index is 0. The zero-order valence-corrected chi connectivity index (χ0v) is 20.2. The molecule has 0 spiro atoms. The Morgan fingerprint density at radius 1 is 0.704 bits per heavy atom. The molecule has 0 bridgehead atoms. The van der Waals surface area contributed by atoms with Crippen molar-refractivity contribution in [2.75, 3.05) is 0 Å². The Kier molecular flexibility index (Phi) is 13.5. The molecule has 27 heavy (non-hydrogen) atoms. The zero-order chi connectivity index (χ0) is 18.1. The molecule has 8 N–H and O–H groups in total. The second-order valence-electron chi connectivity index (χ2n) is 4.83. The predicted molar refractivity (Wildman–Crippen MR) is 132 cm³/mol. The molecular formula is C16H22Br2N6S3. The van der Waals surface area contributed by atoms with Crippen molar-refractivity contribution in [2.45, 2.75) is 21.3 Å². The molecule has 0 aromatic heterocycles. The van der Waals surface area contributed by atoms with Crippen LogP contribution in [0, 0.1) is 0 Å². The third-order valence-corrected chi connectivity index (χ3v) is 6.12. The molecule has 0 atom stereocenters. The van der Waals surface area contributed by atoms with E-state index in [2.05, 4.69) is 34.5 Å². The summed E-state index contributed by atoms with van der Waals surface area (Å²) in [6.45, 7) is 0. The maximum atomic E-state index is 5.67. The first-order valence-corrected chi connectivity index (χ1v) is 10.1. The van der Waals surface area contributed by atoms with E-state index < -0.39 is 0 Å². The molecule has 0 aliphatic rings. The van der Waals surface area contributed by atoms with Gasteiger partial charge in [-0.15, -0.1) is 34.0 Å². The van der Waals surface area contributed by atoms with E-state index in [1.165, 1.54) is 34.7 Å². The van der Waals surface area contributed by atoms with Crippen LogP contribution in [0.25, 0.3) is 0 Å². The Labute approximate surface area is 192 Å². The van der Waals surface area contributed by atoms with Gasteiger partial charge in [0.25, 0.3) is 0 Å². The van der Waals surface area contributed by atoms with Gasteiger partial charge in [0.2, 0.25) is 0 Å². The van der Waals surface area contributed by atoms with Crippen LogP contribution in [0.3, 0.4) is 0 Å².